The van der Waals surface area contributed by atoms with Crippen LogP contribution in [0.3, 0.4) is 0 Å². The summed E-state index contributed by atoms with van der Waals surface area (Å²) in [5, 5.41) is 2.06. The van der Waals surface area contributed by atoms with E-state index in [1.54, 1.807) is 0 Å². The Morgan fingerprint density at radius 3 is 1.46 bits per heavy atom. The summed E-state index contributed by atoms with van der Waals surface area (Å²) in [5.41, 5.74) is 15.8. The maximum absolute atomic E-state index is 11.8. The number of nitrogens with two attached hydrogens (primary N) is 2. The molecule has 0 aliphatic rings. The molecule has 6 nitrogen and oxygen atoms in total. The van der Waals surface area contributed by atoms with Crippen LogP contribution in [-0.2, 0) is 12.8 Å². The van der Waals surface area contributed by atoms with Gasteiger partial charge in [0, 0.05) is 21.8 Å². The predicted molar refractivity (Wildman–Crippen MR) is 110 cm³/mol. The third-order valence-corrected chi connectivity index (χ3v) is 5.22. The van der Waals surface area contributed by atoms with Crippen LogP contribution in [0.25, 0.3) is 21.8 Å². The van der Waals surface area contributed by atoms with Gasteiger partial charge in [0.2, 0.25) is 0 Å². The van der Waals surface area contributed by atoms with E-state index in [1.165, 1.54) is 0 Å². The van der Waals surface area contributed by atoms with Gasteiger partial charge in [-0.25, -0.2) is 0 Å². The molecule has 6 N–H and O–H groups in total. The summed E-state index contributed by atoms with van der Waals surface area (Å²) >= 11 is 0. The number of aromatic amines is 2. The van der Waals surface area contributed by atoms with Crippen molar-refractivity contribution in [1.82, 2.24) is 9.97 Å². The molecule has 0 fully saturated rings. The lowest BCUT2D eigenvalue weighted by Gasteiger charge is -2.05. The van der Waals surface area contributed by atoms with Gasteiger partial charge in [-0.1, -0.05) is 36.4 Å². The molecule has 0 atom stereocenters. The largest absolute Gasteiger partial charge is 0.364 e. The van der Waals surface area contributed by atoms with Crippen molar-refractivity contribution >= 4 is 33.6 Å². The third kappa shape index (κ3) is 3.13. The minimum absolute atomic E-state index is 0.446. The van der Waals surface area contributed by atoms with Crippen LogP contribution in [-0.4, -0.2) is 21.8 Å². The van der Waals surface area contributed by atoms with Crippen LogP contribution in [0.4, 0.5) is 0 Å². The molecule has 0 saturated carbocycles. The first-order chi connectivity index (χ1) is 13.6. The minimum Gasteiger partial charge on any atom is -0.364 e. The van der Waals surface area contributed by atoms with Gasteiger partial charge in [0.05, 0.1) is 0 Å². The van der Waals surface area contributed by atoms with Crippen molar-refractivity contribution in [3.05, 3.63) is 71.0 Å². The Balaban J connectivity index is 1.53. The number of aryl methyl sites for hydroxylation is 2. The monoisotopic (exact) mass is 374 g/mol. The first-order valence-corrected chi connectivity index (χ1v) is 9.35. The van der Waals surface area contributed by atoms with Crippen molar-refractivity contribution in [1.29, 1.82) is 0 Å². The quantitative estimate of drug-likeness (QED) is 0.371. The van der Waals surface area contributed by atoms with E-state index in [-0.39, 0.29) is 0 Å². The van der Waals surface area contributed by atoms with Gasteiger partial charge >= 0.3 is 0 Å². The number of carbonyl (C=O) groups is 2. The molecule has 0 aliphatic carbocycles. The highest BCUT2D eigenvalue weighted by Gasteiger charge is 2.17. The maximum atomic E-state index is 11.8. The van der Waals surface area contributed by atoms with Gasteiger partial charge in [0.15, 0.2) is 0 Å². The van der Waals surface area contributed by atoms with Gasteiger partial charge in [-0.3, -0.25) is 9.59 Å². The molecule has 0 unspecified atom stereocenters. The van der Waals surface area contributed by atoms with Crippen molar-refractivity contribution in [2.45, 2.75) is 25.7 Å². The molecule has 2 aromatic carbocycles. The summed E-state index contributed by atoms with van der Waals surface area (Å²) in [7, 11) is 0. The highest BCUT2D eigenvalue weighted by atomic mass is 16.1. The fourth-order valence-electron chi connectivity index (χ4n) is 3.94. The van der Waals surface area contributed by atoms with Crippen LogP contribution in [0.1, 0.15) is 44.9 Å². The molecule has 0 spiro atoms. The Morgan fingerprint density at radius 1 is 0.679 bits per heavy atom. The fraction of sp³-hybridized carbons (Fsp3) is 0.182. The number of hydrogen-bond acceptors (Lipinski definition) is 2. The first kappa shape index (κ1) is 17.9. The van der Waals surface area contributed by atoms with E-state index in [4.69, 9.17) is 11.5 Å². The highest BCUT2D eigenvalue weighted by Crippen LogP contribution is 2.26. The van der Waals surface area contributed by atoms with Gasteiger partial charge in [0.1, 0.15) is 11.4 Å². The van der Waals surface area contributed by atoms with E-state index in [9.17, 15) is 9.59 Å². The molecule has 0 saturated heterocycles. The van der Waals surface area contributed by atoms with E-state index in [2.05, 4.69) is 9.97 Å². The SMILES string of the molecule is NC(=O)c1[nH]c2ccccc2c1CCCCc1c(C(N)=O)[nH]c2ccccc12. The average Bonchev–Trinajstić information content (AvgIpc) is 3.24. The molecule has 0 bridgehead atoms. The number of fused-ring (bicyclic) bond motifs is 2. The smallest absolute Gasteiger partial charge is 0.265 e. The Bertz CT molecular complexity index is 1090. The number of rotatable bonds is 7. The molecular formula is C22H22N4O2. The van der Waals surface area contributed by atoms with Crippen LogP contribution in [0, 0.1) is 0 Å². The van der Waals surface area contributed by atoms with Crippen LogP contribution in [0.15, 0.2) is 48.5 Å². The molecule has 4 aromatic rings. The Morgan fingerprint density at radius 2 is 1.07 bits per heavy atom. The summed E-state index contributed by atoms with van der Waals surface area (Å²) in [5.74, 6) is -0.891. The lowest BCUT2D eigenvalue weighted by Crippen LogP contribution is -2.14. The fourth-order valence-corrected chi connectivity index (χ4v) is 3.94. The Hall–Kier alpha value is -3.54. The van der Waals surface area contributed by atoms with E-state index in [0.717, 1.165) is 58.6 Å². The number of nitrogens with one attached hydrogen (secondary N) is 2. The van der Waals surface area contributed by atoms with Crippen molar-refractivity contribution in [2.75, 3.05) is 0 Å². The zero-order chi connectivity index (χ0) is 19.7. The zero-order valence-corrected chi connectivity index (χ0v) is 15.4. The van der Waals surface area contributed by atoms with Gasteiger partial charge in [0.25, 0.3) is 11.8 Å². The molecule has 0 aliphatic heterocycles. The predicted octanol–water partition coefficient (Wildman–Crippen LogP) is 3.41. The summed E-state index contributed by atoms with van der Waals surface area (Å²) in [4.78, 5) is 29.9. The van der Waals surface area contributed by atoms with Crippen LogP contribution >= 0.6 is 0 Å². The third-order valence-electron chi connectivity index (χ3n) is 5.22. The minimum atomic E-state index is -0.446. The summed E-state index contributed by atoms with van der Waals surface area (Å²) in [6, 6.07) is 15.6. The second-order valence-electron chi connectivity index (χ2n) is 6.98. The van der Waals surface area contributed by atoms with Crippen LogP contribution in [0.2, 0.25) is 0 Å². The van der Waals surface area contributed by atoms with Crippen molar-refractivity contribution in [3.8, 4) is 0 Å². The summed E-state index contributed by atoms with van der Waals surface area (Å²) < 4.78 is 0. The number of aromatic nitrogens is 2. The van der Waals surface area contributed by atoms with Crippen molar-refractivity contribution in [2.24, 2.45) is 11.5 Å². The van der Waals surface area contributed by atoms with Gasteiger partial charge < -0.3 is 21.4 Å². The number of carbonyl (C=O) groups excluding carboxylic acids is 2. The van der Waals surface area contributed by atoms with Crippen LogP contribution < -0.4 is 11.5 Å². The Kier molecular flexibility index (Phi) is 4.61. The molecule has 142 valence electrons. The second-order valence-corrected chi connectivity index (χ2v) is 6.98. The molecule has 2 heterocycles. The number of unbranched alkanes of at least 4 members (excludes halogenated alkanes) is 1. The van der Waals surface area contributed by atoms with Gasteiger partial charge in [-0.15, -0.1) is 0 Å². The number of amides is 2. The normalized spacial score (nSPS) is 11.3. The number of benzene rings is 2. The standard InChI is InChI=1S/C22H22N4O2/c23-21(27)19-15(13-7-3-5-11-17(13)25-19)9-1-2-10-16-14-8-4-6-12-18(14)26-20(16)22(24)28/h3-8,11-12,25-26H,1-2,9-10H2,(H2,23,27)(H2,24,28). The molecular weight excluding hydrogens is 352 g/mol. The summed E-state index contributed by atoms with van der Waals surface area (Å²) in [6.07, 6.45) is 3.19. The molecule has 28 heavy (non-hydrogen) atoms. The molecule has 6 heteroatoms. The van der Waals surface area contributed by atoms with Gasteiger partial charge in [-0.2, -0.15) is 0 Å². The van der Waals surface area contributed by atoms with E-state index in [0.29, 0.717) is 11.4 Å². The lowest BCUT2D eigenvalue weighted by atomic mass is 9.99. The number of primary amides is 2. The van der Waals surface area contributed by atoms with E-state index in [1.807, 2.05) is 48.5 Å². The molecule has 4 rings (SSSR count). The molecule has 2 aromatic heterocycles. The van der Waals surface area contributed by atoms with E-state index >= 15 is 0 Å². The number of hydrogen-bond donors (Lipinski definition) is 4. The highest BCUT2D eigenvalue weighted by molar-refractivity contribution is 6.01. The topological polar surface area (TPSA) is 118 Å². The van der Waals surface area contributed by atoms with Crippen LogP contribution in [0.5, 0.6) is 0 Å². The second kappa shape index (κ2) is 7.23. The van der Waals surface area contributed by atoms with Gasteiger partial charge in [-0.05, 0) is 48.9 Å². The lowest BCUT2D eigenvalue weighted by molar-refractivity contribution is 0.0987. The molecule has 2 amide bonds. The Labute approximate surface area is 161 Å². The van der Waals surface area contributed by atoms with E-state index < -0.39 is 11.8 Å². The maximum Gasteiger partial charge on any atom is 0.265 e. The van der Waals surface area contributed by atoms with Crippen molar-refractivity contribution < 1.29 is 9.59 Å². The average molecular weight is 374 g/mol. The first-order valence-electron chi connectivity index (χ1n) is 9.35. The summed E-state index contributed by atoms with van der Waals surface area (Å²) in [6.45, 7) is 0. The number of H-pyrrole nitrogens is 2. The molecule has 0 radical (unpaired) electrons. The number of para-hydroxylation sites is 2. The zero-order valence-electron chi connectivity index (χ0n) is 15.4. The van der Waals surface area contributed by atoms with Crippen molar-refractivity contribution in [3.63, 3.8) is 0 Å².